The van der Waals surface area contributed by atoms with Crippen LogP contribution in [0.25, 0.3) is 0 Å². The predicted molar refractivity (Wildman–Crippen MR) is 63.2 cm³/mol. The Morgan fingerprint density at radius 1 is 1.38 bits per heavy atom. The van der Waals surface area contributed by atoms with Crippen molar-refractivity contribution in [3.8, 4) is 0 Å². The average Bonchev–Trinajstić information content (AvgIpc) is 2.35. The highest BCUT2D eigenvalue weighted by atomic mass is 16.7. The first-order valence-corrected chi connectivity index (χ1v) is 6.04. The second-order valence-corrected chi connectivity index (χ2v) is 4.33. The van der Waals surface area contributed by atoms with Crippen LogP contribution < -0.4 is 0 Å². The summed E-state index contributed by atoms with van der Waals surface area (Å²) in [5.74, 6) is -0.371. The van der Waals surface area contributed by atoms with E-state index in [4.69, 9.17) is 9.47 Å². The fraction of sp³-hybridized carbons (Fsp3) is 0.769. The van der Waals surface area contributed by atoms with Gasteiger partial charge in [-0.25, -0.2) is 0 Å². The van der Waals surface area contributed by atoms with E-state index in [1.54, 1.807) is 13.2 Å². The molecule has 0 saturated heterocycles. The van der Waals surface area contributed by atoms with Gasteiger partial charge in [-0.1, -0.05) is 12.5 Å². The number of hydrogen-bond donors (Lipinski definition) is 0. The van der Waals surface area contributed by atoms with Gasteiger partial charge >= 0.3 is 0 Å². The molecule has 0 unspecified atom stereocenters. The lowest BCUT2D eigenvalue weighted by Crippen LogP contribution is -2.38. The first-order valence-electron chi connectivity index (χ1n) is 6.04. The van der Waals surface area contributed by atoms with Crippen molar-refractivity contribution in [1.29, 1.82) is 0 Å². The van der Waals surface area contributed by atoms with E-state index in [0.29, 0.717) is 6.42 Å². The van der Waals surface area contributed by atoms with Crippen molar-refractivity contribution in [3.05, 3.63) is 12.7 Å². The molecule has 0 aromatic carbocycles. The molecule has 0 atom stereocenters. The monoisotopic (exact) mass is 226 g/mol. The normalized spacial score (nSPS) is 19.3. The molecule has 0 aromatic rings. The lowest BCUT2D eigenvalue weighted by atomic mass is 9.94. The van der Waals surface area contributed by atoms with E-state index >= 15 is 0 Å². The highest BCUT2D eigenvalue weighted by Gasteiger charge is 2.33. The molecule has 1 aliphatic carbocycles. The number of ether oxygens (including phenoxy) is 2. The fourth-order valence-corrected chi connectivity index (χ4v) is 2.05. The molecule has 0 heterocycles. The van der Waals surface area contributed by atoms with Gasteiger partial charge in [0.05, 0.1) is 0 Å². The minimum absolute atomic E-state index is 0.127. The zero-order chi connectivity index (χ0) is 11.9. The minimum atomic E-state index is -0.498. The number of rotatable bonds is 7. The summed E-state index contributed by atoms with van der Waals surface area (Å²) in [6, 6.07) is 0. The van der Waals surface area contributed by atoms with Crippen LogP contribution in [0.5, 0.6) is 0 Å². The molecule has 0 bridgehead atoms. The van der Waals surface area contributed by atoms with Gasteiger partial charge in [0, 0.05) is 26.4 Å². The van der Waals surface area contributed by atoms with Crippen LogP contribution in [0.2, 0.25) is 0 Å². The van der Waals surface area contributed by atoms with Crippen molar-refractivity contribution < 1.29 is 14.3 Å². The molecule has 1 rings (SSSR count). The van der Waals surface area contributed by atoms with E-state index in [2.05, 4.69) is 6.58 Å². The Balaban J connectivity index is 2.32. The van der Waals surface area contributed by atoms with Crippen LogP contribution in [0.4, 0.5) is 0 Å². The summed E-state index contributed by atoms with van der Waals surface area (Å²) in [5, 5.41) is 0. The standard InChI is InChI=1S/C13H22O3/c1-3-4-8-12(14)11-16-13(15-2)9-6-5-7-10-13/h3H,1,4-11H2,2H3. The third-order valence-corrected chi connectivity index (χ3v) is 3.11. The molecule has 92 valence electrons. The summed E-state index contributed by atoms with van der Waals surface area (Å²) < 4.78 is 11.1. The van der Waals surface area contributed by atoms with Crippen LogP contribution in [-0.4, -0.2) is 25.3 Å². The maximum Gasteiger partial charge on any atom is 0.168 e. The smallest absolute Gasteiger partial charge is 0.168 e. The van der Waals surface area contributed by atoms with Gasteiger partial charge < -0.3 is 9.47 Å². The molecule has 0 aliphatic heterocycles. The van der Waals surface area contributed by atoms with Gasteiger partial charge in [-0.15, -0.1) is 6.58 Å². The summed E-state index contributed by atoms with van der Waals surface area (Å²) in [6.07, 6.45) is 8.27. The molecule has 0 spiro atoms. The lowest BCUT2D eigenvalue weighted by molar-refractivity contribution is -0.236. The largest absolute Gasteiger partial charge is 0.353 e. The van der Waals surface area contributed by atoms with Crippen molar-refractivity contribution >= 4 is 5.78 Å². The second kappa shape index (κ2) is 6.81. The Morgan fingerprint density at radius 3 is 2.62 bits per heavy atom. The maximum absolute atomic E-state index is 11.5. The fourth-order valence-electron chi connectivity index (χ4n) is 2.05. The van der Waals surface area contributed by atoms with Crippen LogP contribution in [0.3, 0.4) is 0 Å². The van der Waals surface area contributed by atoms with Gasteiger partial charge in [0.2, 0.25) is 0 Å². The van der Waals surface area contributed by atoms with Gasteiger partial charge in [-0.05, 0) is 19.3 Å². The Morgan fingerprint density at radius 2 is 2.06 bits per heavy atom. The molecule has 1 aliphatic rings. The summed E-state index contributed by atoms with van der Waals surface area (Å²) in [7, 11) is 1.67. The zero-order valence-corrected chi connectivity index (χ0v) is 10.2. The lowest BCUT2D eigenvalue weighted by Gasteiger charge is -2.35. The number of carbonyl (C=O) groups is 1. The summed E-state index contributed by atoms with van der Waals surface area (Å²) in [5.41, 5.74) is 0. The van der Waals surface area contributed by atoms with Gasteiger partial charge in [-0.2, -0.15) is 0 Å². The van der Waals surface area contributed by atoms with Crippen molar-refractivity contribution in [2.75, 3.05) is 13.7 Å². The van der Waals surface area contributed by atoms with Gasteiger partial charge in [0.25, 0.3) is 0 Å². The summed E-state index contributed by atoms with van der Waals surface area (Å²) >= 11 is 0. The van der Waals surface area contributed by atoms with Crippen LogP contribution in [0.15, 0.2) is 12.7 Å². The average molecular weight is 226 g/mol. The predicted octanol–water partition coefficient (Wildman–Crippen LogP) is 2.85. The highest BCUT2D eigenvalue weighted by Crippen LogP contribution is 2.32. The third kappa shape index (κ3) is 4.06. The van der Waals surface area contributed by atoms with E-state index in [-0.39, 0.29) is 12.4 Å². The van der Waals surface area contributed by atoms with E-state index in [1.165, 1.54) is 6.42 Å². The number of hydrogen-bond acceptors (Lipinski definition) is 3. The second-order valence-electron chi connectivity index (χ2n) is 4.33. The molecule has 3 nitrogen and oxygen atoms in total. The molecular weight excluding hydrogens is 204 g/mol. The number of allylic oxidation sites excluding steroid dienone is 1. The SMILES string of the molecule is C=CCCC(=O)COC1(OC)CCCCC1. The molecule has 0 radical (unpaired) electrons. The Labute approximate surface area is 97.8 Å². The van der Waals surface area contributed by atoms with Crippen molar-refractivity contribution in [3.63, 3.8) is 0 Å². The Bertz CT molecular complexity index is 229. The highest BCUT2D eigenvalue weighted by molar-refractivity contribution is 5.79. The van der Waals surface area contributed by atoms with Crippen molar-refractivity contribution in [1.82, 2.24) is 0 Å². The number of Topliss-reactive ketones (excluding diaryl/α,β-unsaturated/α-hetero) is 1. The first-order chi connectivity index (χ1) is 7.72. The molecule has 0 aromatic heterocycles. The van der Waals surface area contributed by atoms with Crippen LogP contribution in [-0.2, 0) is 14.3 Å². The molecular formula is C13H22O3. The minimum Gasteiger partial charge on any atom is -0.353 e. The number of carbonyl (C=O) groups excluding carboxylic acids is 1. The molecule has 3 heteroatoms. The van der Waals surface area contributed by atoms with Crippen molar-refractivity contribution in [2.24, 2.45) is 0 Å². The van der Waals surface area contributed by atoms with Crippen LogP contribution >= 0.6 is 0 Å². The topological polar surface area (TPSA) is 35.5 Å². The quantitative estimate of drug-likeness (QED) is 0.494. The van der Waals surface area contributed by atoms with Crippen LogP contribution in [0, 0.1) is 0 Å². The Hall–Kier alpha value is -0.670. The number of ketones is 1. The van der Waals surface area contributed by atoms with Gasteiger partial charge in [0.1, 0.15) is 6.61 Å². The number of methoxy groups -OCH3 is 1. The molecule has 16 heavy (non-hydrogen) atoms. The van der Waals surface area contributed by atoms with Gasteiger partial charge in [0.15, 0.2) is 11.6 Å². The van der Waals surface area contributed by atoms with E-state index in [1.807, 2.05) is 0 Å². The van der Waals surface area contributed by atoms with Crippen LogP contribution in [0.1, 0.15) is 44.9 Å². The summed E-state index contributed by atoms with van der Waals surface area (Å²) in [4.78, 5) is 11.5. The molecule has 0 amide bonds. The first kappa shape index (κ1) is 13.4. The summed E-state index contributed by atoms with van der Waals surface area (Å²) in [6.45, 7) is 3.76. The van der Waals surface area contributed by atoms with E-state index < -0.39 is 5.79 Å². The Kier molecular flexibility index (Phi) is 5.71. The molecule has 1 saturated carbocycles. The van der Waals surface area contributed by atoms with E-state index in [0.717, 1.165) is 32.1 Å². The maximum atomic E-state index is 11.5. The van der Waals surface area contributed by atoms with Gasteiger partial charge in [-0.3, -0.25) is 4.79 Å². The third-order valence-electron chi connectivity index (χ3n) is 3.11. The molecule has 0 N–H and O–H groups in total. The van der Waals surface area contributed by atoms with Crippen molar-refractivity contribution in [2.45, 2.75) is 50.7 Å². The van der Waals surface area contributed by atoms with E-state index in [9.17, 15) is 4.79 Å². The molecule has 1 fully saturated rings. The zero-order valence-electron chi connectivity index (χ0n) is 10.2.